The molecule has 0 radical (unpaired) electrons. The molecule has 2 atom stereocenters. The summed E-state index contributed by atoms with van der Waals surface area (Å²) in [7, 11) is 1.63. The van der Waals surface area contributed by atoms with Crippen LogP contribution in [0.5, 0.6) is 11.5 Å². The van der Waals surface area contributed by atoms with Gasteiger partial charge in [-0.05, 0) is 53.8 Å². The SMILES string of the molecule is COc1ccc(C2N[C@H](C(=O)O)CS2)cc1COc1c(C)cc(Cl)cc1C(C)C. The molecule has 0 aromatic heterocycles. The van der Waals surface area contributed by atoms with Crippen molar-refractivity contribution < 1.29 is 19.4 Å². The first kappa shape index (κ1) is 21.8. The van der Waals surface area contributed by atoms with Crippen LogP contribution in [-0.4, -0.2) is 30.0 Å². The Kier molecular flexibility index (Phi) is 6.98. The van der Waals surface area contributed by atoms with Crippen LogP contribution in [0.3, 0.4) is 0 Å². The maximum absolute atomic E-state index is 11.2. The number of hydrogen-bond donors (Lipinski definition) is 2. The molecule has 2 N–H and O–H groups in total. The minimum absolute atomic E-state index is 0.0655. The minimum atomic E-state index is -0.823. The number of aliphatic carboxylic acids is 1. The number of hydrogen-bond acceptors (Lipinski definition) is 5. The predicted octanol–water partition coefficient (Wildman–Crippen LogP) is 5.15. The van der Waals surface area contributed by atoms with E-state index in [-0.39, 0.29) is 11.3 Å². The summed E-state index contributed by atoms with van der Waals surface area (Å²) in [5.74, 6) is 1.58. The van der Waals surface area contributed by atoms with Crippen LogP contribution in [-0.2, 0) is 11.4 Å². The van der Waals surface area contributed by atoms with Crippen molar-refractivity contribution in [2.24, 2.45) is 0 Å². The van der Waals surface area contributed by atoms with Crippen LogP contribution in [0.2, 0.25) is 5.02 Å². The molecule has 0 aliphatic carbocycles. The summed E-state index contributed by atoms with van der Waals surface area (Å²) in [6.45, 7) is 6.56. The minimum Gasteiger partial charge on any atom is -0.496 e. The molecule has 156 valence electrons. The van der Waals surface area contributed by atoms with Gasteiger partial charge >= 0.3 is 5.97 Å². The fourth-order valence-electron chi connectivity index (χ4n) is 3.41. The van der Waals surface area contributed by atoms with Gasteiger partial charge in [0.15, 0.2) is 0 Å². The van der Waals surface area contributed by atoms with Gasteiger partial charge in [-0.25, -0.2) is 0 Å². The summed E-state index contributed by atoms with van der Waals surface area (Å²) < 4.78 is 11.7. The molecule has 0 amide bonds. The summed E-state index contributed by atoms with van der Waals surface area (Å²) in [5.41, 5.74) is 3.99. The van der Waals surface area contributed by atoms with Crippen LogP contribution in [0.15, 0.2) is 30.3 Å². The molecule has 5 nitrogen and oxygen atoms in total. The van der Waals surface area contributed by atoms with Crippen molar-refractivity contribution in [2.45, 2.75) is 44.7 Å². The Labute approximate surface area is 180 Å². The Morgan fingerprint density at radius 2 is 2.10 bits per heavy atom. The topological polar surface area (TPSA) is 67.8 Å². The summed E-state index contributed by atoms with van der Waals surface area (Å²) >= 11 is 7.82. The summed E-state index contributed by atoms with van der Waals surface area (Å²) in [6, 6.07) is 9.22. The number of thioether (sulfide) groups is 1. The number of carboxylic acid groups (broad SMARTS) is 1. The van der Waals surface area contributed by atoms with Gasteiger partial charge in [0.1, 0.15) is 24.1 Å². The molecule has 1 heterocycles. The Hall–Kier alpha value is -1.89. The first-order chi connectivity index (χ1) is 13.8. The van der Waals surface area contributed by atoms with E-state index in [1.54, 1.807) is 18.9 Å². The van der Waals surface area contributed by atoms with Gasteiger partial charge in [-0.15, -0.1) is 11.8 Å². The van der Waals surface area contributed by atoms with Gasteiger partial charge < -0.3 is 14.6 Å². The van der Waals surface area contributed by atoms with E-state index in [4.69, 9.17) is 21.1 Å². The molecule has 1 aliphatic rings. The van der Waals surface area contributed by atoms with Crippen molar-refractivity contribution in [3.05, 3.63) is 57.6 Å². The van der Waals surface area contributed by atoms with E-state index in [0.717, 1.165) is 33.8 Å². The van der Waals surface area contributed by atoms with Gasteiger partial charge in [-0.3, -0.25) is 10.1 Å². The maximum atomic E-state index is 11.2. The van der Waals surface area contributed by atoms with Crippen LogP contribution >= 0.6 is 23.4 Å². The Morgan fingerprint density at radius 1 is 1.34 bits per heavy atom. The number of halogens is 1. The molecule has 7 heteroatoms. The Morgan fingerprint density at radius 3 is 2.72 bits per heavy atom. The highest BCUT2D eigenvalue weighted by Crippen LogP contribution is 2.37. The fraction of sp³-hybridized carbons (Fsp3) is 0.409. The second-order valence-electron chi connectivity index (χ2n) is 7.43. The van der Waals surface area contributed by atoms with Crippen molar-refractivity contribution in [1.82, 2.24) is 5.32 Å². The molecule has 0 bridgehead atoms. The van der Waals surface area contributed by atoms with Gasteiger partial charge in [0.05, 0.1) is 12.5 Å². The van der Waals surface area contributed by atoms with E-state index in [9.17, 15) is 9.90 Å². The van der Waals surface area contributed by atoms with E-state index in [1.165, 1.54) is 0 Å². The standard InChI is InChI=1S/C22H26ClNO4S/c1-12(2)17-9-16(23)7-13(3)20(17)28-10-15-8-14(5-6-19(15)27-4)21-24-18(11-29-21)22(25)26/h5-9,12,18,21,24H,10-11H2,1-4H3,(H,25,26)/t18-,21?/m0/s1. The van der Waals surface area contributed by atoms with E-state index >= 15 is 0 Å². The summed E-state index contributed by atoms with van der Waals surface area (Å²) in [6.07, 6.45) is 0. The zero-order valence-corrected chi connectivity index (χ0v) is 18.6. The molecule has 1 unspecified atom stereocenters. The monoisotopic (exact) mass is 435 g/mol. The first-order valence-electron chi connectivity index (χ1n) is 9.50. The van der Waals surface area contributed by atoms with E-state index in [0.29, 0.717) is 17.4 Å². The number of methoxy groups -OCH3 is 1. The second-order valence-corrected chi connectivity index (χ2v) is 9.00. The third-order valence-electron chi connectivity index (χ3n) is 4.95. The van der Waals surface area contributed by atoms with Gasteiger partial charge in [-0.2, -0.15) is 0 Å². The third kappa shape index (κ3) is 5.00. The lowest BCUT2D eigenvalue weighted by Crippen LogP contribution is -2.33. The molecule has 1 fully saturated rings. The molecule has 2 aromatic rings. The lowest BCUT2D eigenvalue weighted by atomic mass is 9.99. The van der Waals surface area contributed by atoms with Crippen LogP contribution in [0.1, 0.15) is 47.4 Å². The third-order valence-corrected chi connectivity index (χ3v) is 6.44. The first-order valence-corrected chi connectivity index (χ1v) is 10.9. The smallest absolute Gasteiger partial charge is 0.321 e. The lowest BCUT2D eigenvalue weighted by molar-refractivity contribution is -0.138. The quantitative estimate of drug-likeness (QED) is 0.627. The molecule has 0 spiro atoms. The van der Waals surface area contributed by atoms with Crippen molar-refractivity contribution in [3.8, 4) is 11.5 Å². The predicted molar refractivity (Wildman–Crippen MR) is 117 cm³/mol. The van der Waals surface area contributed by atoms with Crippen LogP contribution in [0, 0.1) is 6.92 Å². The molecule has 1 saturated heterocycles. The number of carbonyl (C=O) groups is 1. The number of nitrogens with one attached hydrogen (secondary N) is 1. The van der Waals surface area contributed by atoms with Crippen molar-refractivity contribution in [1.29, 1.82) is 0 Å². The van der Waals surface area contributed by atoms with Gasteiger partial charge in [0.25, 0.3) is 0 Å². The molecular formula is C22H26ClNO4S. The normalized spacial score (nSPS) is 18.8. The van der Waals surface area contributed by atoms with Gasteiger partial charge in [0, 0.05) is 16.3 Å². The van der Waals surface area contributed by atoms with Gasteiger partial charge in [-0.1, -0.05) is 31.5 Å². The largest absolute Gasteiger partial charge is 0.496 e. The average molecular weight is 436 g/mol. The highest BCUT2D eigenvalue weighted by Gasteiger charge is 2.30. The second kappa shape index (κ2) is 9.28. The molecule has 0 saturated carbocycles. The van der Waals surface area contributed by atoms with Crippen molar-refractivity contribution in [2.75, 3.05) is 12.9 Å². The summed E-state index contributed by atoms with van der Waals surface area (Å²) in [5, 5.41) is 13.0. The Balaban J connectivity index is 1.84. The van der Waals surface area contributed by atoms with Crippen LogP contribution in [0.25, 0.3) is 0 Å². The zero-order chi connectivity index (χ0) is 21.1. The van der Waals surface area contributed by atoms with Crippen LogP contribution in [0.4, 0.5) is 0 Å². The van der Waals surface area contributed by atoms with E-state index in [1.807, 2.05) is 37.3 Å². The number of ether oxygens (including phenoxy) is 2. The van der Waals surface area contributed by atoms with Crippen molar-refractivity contribution >= 4 is 29.3 Å². The number of aryl methyl sites for hydroxylation is 1. The van der Waals surface area contributed by atoms with Gasteiger partial charge in [0.2, 0.25) is 0 Å². The maximum Gasteiger partial charge on any atom is 0.321 e. The highest BCUT2D eigenvalue weighted by molar-refractivity contribution is 7.99. The van der Waals surface area contributed by atoms with Crippen molar-refractivity contribution in [3.63, 3.8) is 0 Å². The van der Waals surface area contributed by atoms with E-state index < -0.39 is 12.0 Å². The number of carboxylic acids is 1. The Bertz CT molecular complexity index is 903. The molecule has 2 aromatic carbocycles. The van der Waals surface area contributed by atoms with E-state index in [2.05, 4.69) is 19.2 Å². The molecular weight excluding hydrogens is 410 g/mol. The fourth-order valence-corrected chi connectivity index (χ4v) is 4.92. The molecule has 3 rings (SSSR count). The molecule has 29 heavy (non-hydrogen) atoms. The highest BCUT2D eigenvalue weighted by atomic mass is 35.5. The number of benzene rings is 2. The average Bonchev–Trinajstić information content (AvgIpc) is 3.17. The van der Waals surface area contributed by atoms with Crippen LogP contribution < -0.4 is 14.8 Å². The summed E-state index contributed by atoms with van der Waals surface area (Å²) in [4.78, 5) is 11.2. The zero-order valence-electron chi connectivity index (χ0n) is 17.0. The molecule has 1 aliphatic heterocycles. The number of rotatable bonds is 7. The lowest BCUT2D eigenvalue weighted by Gasteiger charge is -2.19.